The van der Waals surface area contributed by atoms with Crippen molar-refractivity contribution in [2.24, 2.45) is 0 Å². The Kier molecular flexibility index (Phi) is 3.74. The molecule has 1 saturated carbocycles. The highest BCUT2D eigenvalue weighted by Gasteiger charge is 2.33. The Labute approximate surface area is 131 Å². The van der Waals surface area contributed by atoms with E-state index in [4.69, 9.17) is 4.52 Å². The second-order valence-corrected chi connectivity index (χ2v) is 7.57. The minimum atomic E-state index is -4.60. The van der Waals surface area contributed by atoms with Gasteiger partial charge in [-0.25, -0.2) is 8.42 Å². The normalized spacial score (nSPS) is 15.8. The minimum absolute atomic E-state index is 0.186. The average molecular weight is 344 g/mol. The summed E-state index contributed by atoms with van der Waals surface area (Å²) in [7, 11) is -3.82. The third kappa shape index (κ3) is 3.41. The summed E-state index contributed by atoms with van der Waals surface area (Å²) in [5.41, 5.74) is -0.217. The first-order valence-electron chi connectivity index (χ1n) is 6.87. The summed E-state index contributed by atoms with van der Waals surface area (Å²) < 4.78 is 67.3. The predicted octanol–water partition coefficient (Wildman–Crippen LogP) is 3.57. The van der Waals surface area contributed by atoms with E-state index in [1.54, 1.807) is 0 Å². The van der Waals surface area contributed by atoms with E-state index in [1.807, 2.05) is 0 Å². The molecule has 1 aromatic carbocycles. The molecule has 0 bridgehead atoms. The van der Waals surface area contributed by atoms with Crippen LogP contribution in [0.15, 0.2) is 33.8 Å². The molecule has 3 rings (SSSR count). The zero-order chi connectivity index (χ0) is 16.8. The molecule has 1 aliphatic carbocycles. The van der Waals surface area contributed by atoms with E-state index < -0.39 is 21.6 Å². The van der Waals surface area contributed by atoms with Crippen LogP contribution < -0.4 is 0 Å². The first-order valence-corrected chi connectivity index (χ1v) is 8.76. The molecule has 2 aromatic rings. The number of hydrogen-bond acceptors (Lipinski definition) is 4. The van der Waals surface area contributed by atoms with Crippen molar-refractivity contribution >= 4 is 9.84 Å². The van der Waals surface area contributed by atoms with Crippen LogP contribution in [0, 0.1) is 6.42 Å². The summed E-state index contributed by atoms with van der Waals surface area (Å²) in [4.78, 5) is -0.365. The number of hydrogen-bond donors (Lipinski definition) is 0. The summed E-state index contributed by atoms with van der Waals surface area (Å²) in [5, 5.41) is 3.69. The van der Waals surface area contributed by atoms with Gasteiger partial charge in [-0.15, -0.1) is 0 Å². The molecule has 0 atom stereocenters. The molecule has 8 heteroatoms. The highest BCUT2D eigenvalue weighted by atomic mass is 32.2. The van der Waals surface area contributed by atoms with Gasteiger partial charge in [0.25, 0.3) is 0 Å². The van der Waals surface area contributed by atoms with Crippen LogP contribution in [0.1, 0.15) is 41.2 Å². The fourth-order valence-electron chi connectivity index (χ4n) is 2.34. The van der Waals surface area contributed by atoms with E-state index in [1.165, 1.54) is 12.6 Å². The van der Waals surface area contributed by atoms with Gasteiger partial charge in [-0.2, -0.15) is 13.2 Å². The Balaban J connectivity index is 2.03. The van der Waals surface area contributed by atoms with Crippen LogP contribution in [0.3, 0.4) is 0 Å². The maximum atomic E-state index is 12.8. The lowest BCUT2D eigenvalue weighted by Crippen LogP contribution is -2.09. The summed E-state index contributed by atoms with van der Waals surface area (Å²) in [5.74, 6) is 0.893. The van der Waals surface area contributed by atoms with Crippen LogP contribution >= 0.6 is 0 Å². The van der Waals surface area contributed by atoms with Crippen LogP contribution in [-0.4, -0.2) is 19.8 Å². The van der Waals surface area contributed by atoms with Gasteiger partial charge in [0.2, 0.25) is 0 Å². The largest absolute Gasteiger partial charge is 0.416 e. The summed E-state index contributed by atoms with van der Waals surface area (Å²) in [6.45, 7) is 0. The van der Waals surface area contributed by atoms with Gasteiger partial charge in [0.05, 0.1) is 16.7 Å². The van der Waals surface area contributed by atoms with Crippen molar-refractivity contribution in [2.75, 3.05) is 6.26 Å². The van der Waals surface area contributed by atoms with Crippen molar-refractivity contribution in [1.82, 2.24) is 5.16 Å². The van der Waals surface area contributed by atoms with Gasteiger partial charge in [0.1, 0.15) is 5.76 Å². The predicted molar refractivity (Wildman–Crippen MR) is 75.5 cm³/mol. The molecule has 1 aliphatic rings. The standard InChI is InChI=1S/C15H13F3NO3S/c1-23(20,21)13-7-12(15(16,17)18)5-4-10(13)6-11-8-19-22-14(11)9-2-3-9/h4-9H,2-3H2,1H3. The molecule has 123 valence electrons. The van der Waals surface area contributed by atoms with Crippen LogP contribution in [0.2, 0.25) is 0 Å². The number of benzene rings is 1. The first-order chi connectivity index (χ1) is 10.7. The van der Waals surface area contributed by atoms with Crippen molar-refractivity contribution in [3.63, 3.8) is 0 Å². The Morgan fingerprint density at radius 2 is 1.96 bits per heavy atom. The number of halogens is 3. The summed E-state index contributed by atoms with van der Waals surface area (Å²) in [6.07, 6.45) is 1.14. The lowest BCUT2D eigenvalue weighted by molar-refractivity contribution is -0.137. The molecule has 0 N–H and O–H groups in total. The van der Waals surface area contributed by atoms with E-state index in [0.29, 0.717) is 17.4 Å². The fraction of sp³-hybridized carbons (Fsp3) is 0.333. The van der Waals surface area contributed by atoms with Gasteiger partial charge in [0.15, 0.2) is 9.84 Å². The molecule has 1 aromatic heterocycles. The van der Waals surface area contributed by atoms with E-state index in [-0.39, 0.29) is 16.4 Å². The third-order valence-electron chi connectivity index (χ3n) is 3.63. The molecule has 0 amide bonds. The Bertz CT molecular complexity index is 836. The molecule has 1 heterocycles. The summed E-state index contributed by atoms with van der Waals surface area (Å²) in [6, 6.07) is 2.68. The van der Waals surface area contributed by atoms with Gasteiger partial charge >= 0.3 is 6.18 Å². The van der Waals surface area contributed by atoms with Crippen molar-refractivity contribution in [3.8, 4) is 0 Å². The quantitative estimate of drug-likeness (QED) is 0.851. The molecular weight excluding hydrogens is 331 g/mol. The van der Waals surface area contributed by atoms with Gasteiger partial charge in [0, 0.05) is 24.2 Å². The molecule has 0 unspecified atom stereocenters. The third-order valence-corrected chi connectivity index (χ3v) is 4.78. The molecule has 1 fully saturated rings. The molecule has 0 saturated heterocycles. The number of alkyl halides is 3. The lowest BCUT2D eigenvalue weighted by atomic mass is 10.0. The molecular formula is C15H13F3NO3S. The Morgan fingerprint density at radius 1 is 1.26 bits per heavy atom. The lowest BCUT2D eigenvalue weighted by Gasteiger charge is -2.12. The van der Waals surface area contributed by atoms with Gasteiger partial charge in [-0.1, -0.05) is 11.2 Å². The van der Waals surface area contributed by atoms with Crippen molar-refractivity contribution in [1.29, 1.82) is 0 Å². The Morgan fingerprint density at radius 3 is 2.52 bits per heavy atom. The minimum Gasteiger partial charge on any atom is -0.361 e. The van der Waals surface area contributed by atoms with Crippen molar-refractivity contribution in [2.45, 2.75) is 29.8 Å². The number of nitrogens with zero attached hydrogens (tertiary/aromatic N) is 1. The fourth-order valence-corrected chi connectivity index (χ4v) is 3.24. The second-order valence-electron chi connectivity index (χ2n) is 5.59. The molecule has 23 heavy (non-hydrogen) atoms. The zero-order valence-electron chi connectivity index (χ0n) is 12.1. The SMILES string of the molecule is CS(=O)(=O)c1cc(C(F)(F)F)ccc1[CH]c1cnoc1C1CC1. The van der Waals surface area contributed by atoms with E-state index in [0.717, 1.165) is 31.2 Å². The summed E-state index contributed by atoms with van der Waals surface area (Å²) >= 11 is 0. The number of sulfone groups is 1. The van der Waals surface area contributed by atoms with Crippen LogP contribution in [0.5, 0.6) is 0 Å². The van der Waals surface area contributed by atoms with E-state index in [2.05, 4.69) is 5.16 Å². The zero-order valence-corrected chi connectivity index (χ0v) is 12.9. The van der Waals surface area contributed by atoms with Crippen LogP contribution in [-0.2, 0) is 16.0 Å². The highest BCUT2D eigenvalue weighted by molar-refractivity contribution is 7.90. The highest BCUT2D eigenvalue weighted by Crippen LogP contribution is 2.42. The first kappa shape index (κ1) is 16.0. The van der Waals surface area contributed by atoms with E-state index >= 15 is 0 Å². The molecule has 0 spiro atoms. The smallest absolute Gasteiger partial charge is 0.361 e. The van der Waals surface area contributed by atoms with Crippen LogP contribution in [0.4, 0.5) is 13.2 Å². The van der Waals surface area contributed by atoms with Crippen LogP contribution in [0.25, 0.3) is 0 Å². The van der Waals surface area contributed by atoms with Gasteiger partial charge in [-0.05, 0) is 30.5 Å². The number of rotatable bonds is 4. The maximum absolute atomic E-state index is 12.8. The monoisotopic (exact) mass is 344 g/mol. The number of aromatic nitrogens is 1. The average Bonchev–Trinajstić information content (AvgIpc) is 3.17. The maximum Gasteiger partial charge on any atom is 0.416 e. The molecule has 0 aliphatic heterocycles. The van der Waals surface area contributed by atoms with Gasteiger partial charge in [-0.3, -0.25) is 0 Å². The van der Waals surface area contributed by atoms with Gasteiger partial charge < -0.3 is 4.52 Å². The molecule has 1 radical (unpaired) electrons. The Hall–Kier alpha value is -1.83. The second kappa shape index (κ2) is 5.36. The van der Waals surface area contributed by atoms with Crippen molar-refractivity contribution < 1.29 is 26.1 Å². The topological polar surface area (TPSA) is 60.2 Å². The van der Waals surface area contributed by atoms with E-state index in [9.17, 15) is 21.6 Å². The molecule has 4 nitrogen and oxygen atoms in total. The van der Waals surface area contributed by atoms with Crippen molar-refractivity contribution in [3.05, 3.63) is 53.3 Å².